The molecule has 0 aliphatic heterocycles. The summed E-state index contributed by atoms with van der Waals surface area (Å²) in [6.07, 6.45) is 0.369. The predicted octanol–water partition coefficient (Wildman–Crippen LogP) is 3.48. The summed E-state index contributed by atoms with van der Waals surface area (Å²) in [5.74, 6) is 0.160. The molecule has 0 saturated carbocycles. The third-order valence-electron chi connectivity index (χ3n) is 4.09. The van der Waals surface area contributed by atoms with Crippen LogP contribution in [0.25, 0.3) is 0 Å². The number of carbonyl (C=O) groups is 2. The molecule has 27 heavy (non-hydrogen) atoms. The normalized spacial score (nSPS) is 11.7. The summed E-state index contributed by atoms with van der Waals surface area (Å²) in [4.78, 5) is 24.6. The lowest BCUT2D eigenvalue weighted by Crippen LogP contribution is -2.45. The number of amides is 1. The molecular weight excluding hydrogens is 342 g/mol. The Hall–Kier alpha value is -2.82. The van der Waals surface area contributed by atoms with E-state index in [-0.39, 0.29) is 25.0 Å². The number of rotatable bonds is 9. The number of hydrogen-bond acceptors (Lipinski definition) is 4. The number of esters is 1. The molecule has 2 aromatic rings. The van der Waals surface area contributed by atoms with Crippen LogP contribution in [0, 0.1) is 0 Å². The number of carbonyl (C=O) groups excluding carboxylic acids is 2. The summed E-state index contributed by atoms with van der Waals surface area (Å²) in [7, 11) is 0. The molecule has 0 aliphatic rings. The van der Waals surface area contributed by atoms with Crippen molar-refractivity contribution in [3.8, 4) is 5.75 Å². The van der Waals surface area contributed by atoms with Crippen molar-refractivity contribution in [1.29, 1.82) is 0 Å². The minimum Gasteiger partial charge on any atom is -0.483 e. The van der Waals surface area contributed by atoms with Gasteiger partial charge in [0.25, 0.3) is 5.91 Å². The van der Waals surface area contributed by atoms with Crippen molar-refractivity contribution in [1.82, 2.24) is 5.32 Å². The molecule has 0 spiro atoms. The van der Waals surface area contributed by atoms with Crippen molar-refractivity contribution in [3.05, 3.63) is 65.7 Å². The molecule has 0 saturated heterocycles. The highest BCUT2D eigenvalue weighted by atomic mass is 16.5. The molecule has 0 aromatic heterocycles. The first-order valence-electron chi connectivity index (χ1n) is 9.23. The first-order valence-corrected chi connectivity index (χ1v) is 9.23. The van der Waals surface area contributed by atoms with Crippen molar-refractivity contribution in [3.63, 3.8) is 0 Å². The molecule has 0 fully saturated rings. The van der Waals surface area contributed by atoms with Crippen LogP contribution >= 0.6 is 0 Å². The number of ether oxygens (including phenoxy) is 2. The molecule has 2 aromatic carbocycles. The molecule has 0 radical (unpaired) electrons. The zero-order valence-corrected chi connectivity index (χ0v) is 16.1. The van der Waals surface area contributed by atoms with Crippen LogP contribution < -0.4 is 10.1 Å². The summed E-state index contributed by atoms with van der Waals surface area (Å²) in [6.45, 7) is 5.98. The molecule has 5 heteroatoms. The van der Waals surface area contributed by atoms with Gasteiger partial charge in [0, 0.05) is 6.42 Å². The largest absolute Gasteiger partial charge is 0.483 e. The Kier molecular flexibility index (Phi) is 7.86. The lowest BCUT2D eigenvalue weighted by atomic mass is 10.0. The molecule has 5 nitrogen and oxygen atoms in total. The van der Waals surface area contributed by atoms with Gasteiger partial charge in [0.2, 0.25) is 0 Å². The van der Waals surface area contributed by atoms with E-state index in [2.05, 4.69) is 19.2 Å². The molecule has 144 valence electrons. The van der Waals surface area contributed by atoms with Crippen LogP contribution in [0.1, 0.15) is 37.8 Å². The van der Waals surface area contributed by atoms with E-state index in [1.54, 1.807) is 6.92 Å². The van der Waals surface area contributed by atoms with Gasteiger partial charge in [-0.25, -0.2) is 4.79 Å². The second-order valence-corrected chi connectivity index (χ2v) is 6.54. The summed E-state index contributed by atoms with van der Waals surface area (Å²) < 4.78 is 10.8. The summed E-state index contributed by atoms with van der Waals surface area (Å²) >= 11 is 0. The van der Waals surface area contributed by atoms with Gasteiger partial charge in [-0.05, 0) is 30.0 Å². The molecule has 2 rings (SSSR count). The van der Waals surface area contributed by atoms with E-state index in [0.29, 0.717) is 12.2 Å². The molecule has 0 bridgehead atoms. The van der Waals surface area contributed by atoms with Crippen LogP contribution in [-0.2, 0) is 20.7 Å². The van der Waals surface area contributed by atoms with Gasteiger partial charge in [0.05, 0.1) is 6.61 Å². The van der Waals surface area contributed by atoms with E-state index in [9.17, 15) is 9.59 Å². The first kappa shape index (κ1) is 20.5. The summed E-state index contributed by atoms with van der Waals surface area (Å²) in [5.41, 5.74) is 1.98. The van der Waals surface area contributed by atoms with Crippen molar-refractivity contribution in [2.45, 2.75) is 39.2 Å². The van der Waals surface area contributed by atoms with E-state index in [0.717, 1.165) is 11.1 Å². The SMILES string of the molecule is CCOC(=O)C(Cc1ccccc1)NC(=O)COc1ccccc1C(C)C. The van der Waals surface area contributed by atoms with Crippen LogP contribution in [-0.4, -0.2) is 31.1 Å². The first-order chi connectivity index (χ1) is 13.0. The van der Waals surface area contributed by atoms with Gasteiger partial charge in [0.15, 0.2) is 6.61 Å². The molecule has 0 heterocycles. The second kappa shape index (κ2) is 10.4. The number of nitrogens with one attached hydrogen (secondary N) is 1. The van der Waals surface area contributed by atoms with E-state index in [1.165, 1.54) is 0 Å². The highest BCUT2D eigenvalue weighted by molar-refractivity contribution is 5.85. The van der Waals surface area contributed by atoms with Crippen LogP contribution in [0.4, 0.5) is 0 Å². The van der Waals surface area contributed by atoms with E-state index >= 15 is 0 Å². The van der Waals surface area contributed by atoms with Gasteiger partial charge >= 0.3 is 5.97 Å². The van der Waals surface area contributed by atoms with Crippen molar-refractivity contribution < 1.29 is 19.1 Å². The monoisotopic (exact) mass is 369 g/mol. The number of hydrogen-bond donors (Lipinski definition) is 1. The van der Waals surface area contributed by atoms with Gasteiger partial charge in [-0.1, -0.05) is 62.4 Å². The van der Waals surface area contributed by atoms with E-state index in [4.69, 9.17) is 9.47 Å². The van der Waals surface area contributed by atoms with Crippen LogP contribution in [0.15, 0.2) is 54.6 Å². The Labute approximate surface area is 160 Å². The Morgan fingerprint density at radius 3 is 2.33 bits per heavy atom. The number of benzene rings is 2. The molecule has 1 unspecified atom stereocenters. The molecule has 0 aliphatic carbocycles. The average Bonchev–Trinajstić information content (AvgIpc) is 2.67. The van der Waals surface area contributed by atoms with Crippen LogP contribution in [0.2, 0.25) is 0 Å². The minimum atomic E-state index is -0.746. The Morgan fingerprint density at radius 2 is 1.67 bits per heavy atom. The highest BCUT2D eigenvalue weighted by Crippen LogP contribution is 2.25. The van der Waals surface area contributed by atoms with Crippen LogP contribution in [0.5, 0.6) is 5.75 Å². The van der Waals surface area contributed by atoms with Gasteiger partial charge in [-0.3, -0.25) is 4.79 Å². The lowest BCUT2D eigenvalue weighted by Gasteiger charge is -2.18. The van der Waals surface area contributed by atoms with Crippen molar-refractivity contribution in [2.75, 3.05) is 13.2 Å². The quantitative estimate of drug-likeness (QED) is 0.688. The maximum atomic E-state index is 12.4. The zero-order valence-electron chi connectivity index (χ0n) is 16.1. The topological polar surface area (TPSA) is 64.6 Å². The van der Waals surface area contributed by atoms with Crippen LogP contribution in [0.3, 0.4) is 0 Å². The smallest absolute Gasteiger partial charge is 0.328 e. The minimum absolute atomic E-state index is 0.158. The zero-order chi connectivity index (χ0) is 19.6. The fourth-order valence-electron chi connectivity index (χ4n) is 2.75. The van der Waals surface area contributed by atoms with Crippen molar-refractivity contribution >= 4 is 11.9 Å². The molecule has 1 amide bonds. The Balaban J connectivity index is 2.00. The van der Waals surface area contributed by atoms with Gasteiger partial charge < -0.3 is 14.8 Å². The predicted molar refractivity (Wildman–Crippen MR) is 105 cm³/mol. The Morgan fingerprint density at radius 1 is 1.00 bits per heavy atom. The fraction of sp³-hybridized carbons (Fsp3) is 0.364. The lowest BCUT2D eigenvalue weighted by molar-refractivity contribution is -0.147. The molecule has 1 atom stereocenters. The van der Waals surface area contributed by atoms with Crippen molar-refractivity contribution in [2.24, 2.45) is 0 Å². The summed E-state index contributed by atoms with van der Waals surface area (Å²) in [6, 6.07) is 16.4. The maximum Gasteiger partial charge on any atom is 0.328 e. The maximum absolute atomic E-state index is 12.4. The standard InChI is InChI=1S/C22H27NO4/c1-4-26-22(25)19(14-17-10-6-5-7-11-17)23-21(24)15-27-20-13-9-8-12-18(20)16(2)3/h5-13,16,19H,4,14-15H2,1-3H3,(H,23,24). The molecular formula is C22H27NO4. The Bertz CT molecular complexity index is 743. The fourth-order valence-corrected chi connectivity index (χ4v) is 2.75. The highest BCUT2D eigenvalue weighted by Gasteiger charge is 2.23. The summed E-state index contributed by atoms with van der Waals surface area (Å²) in [5, 5.41) is 2.73. The van der Waals surface area contributed by atoms with Gasteiger partial charge in [-0.2, -0.15) is 0 Å². The second-order valence-electron chi connectivity index (χ2n) is 6.54. The third-order valence-corrected chi connectivity index (χ3v) is 4.09. The van der Waals surface area contributed by atoms with Gasteiger partial charge in [-0.15, -0.1) is 0 Å². The van der Waals surface area contributed by atoms with E-state index in [1.807, 2.05) is 54.6 Å². The number of para-hydroxylation sites is 1. The molecule has 1 N–H and O–H groups in total. The van der Waals surface area contributed by atoms with E-state index < -0.39 is 12.0 Å². The third kappa shape index (κ3) is 6.44. The van der Waals surface area contributed by atoms with Gasteiger partial charge in [0.1, 0.15) is 11.8 Å². The average molecular weight is 369 g/mol.